The summed E-state index contributed by atoms with van der Waals surface area (Å²) in [6, 6.07) is 0. The molecule has 0 atom stereocenters. The van der Waals surface area contributed by atoms with Crippen LogP contribution in [0, 0.1) is 5.92 Å². The molecule has 2 nitrogen and oxygen atoms in total. The van der Waals surface area contributed by atoms with Crippen molar-refractivity contribution in [1.82, 2.24) is 0 Å². The lowest BCUT2D eigenvalue weighted by Crippen LogP contribution is -2.36. The van der Waals surface area contributed by atoms with Gasteiger partial charge in [0.2, 0.25) is 0 Å². The van der Waals surface area contributed by atoms with Crippen molar-refractivity contribution in [1.29, 1.82) is 0 Å². The monoisotopic (exact) mass is 218 g/mol. The van der Waals surface area contributed by atoms with Crippen molar-refractivity contribution in [3.05, 3.63) is 0 Å². The van der Waals surface area contributed by atoms with E-state index in [0.29, 0.717) is 0 Å². The molecule has 0 fully saturated rings. The van der Waals surface area contributed by atoms with Crippen LogP contribution in [0.25, 0.3) is 0 Å². The highest BCUT2D eigenvalue weighted by atomic mass is 19.4. The highest BCUT2D eigenvalue weighted by molar-refractivity contribution is 6.14. The summed E-state index contributed by atoms with van der Waals surface area (Å²) in [5, 5.41) is 4.99. The van der Waals surface area contributed by atoms with Gasteiger partial charge in [-0.25, -0.2) is 0 Å². The van der Waals surface area contributed by atoms with E-state index in [1.807, 2.05) is 0 Å². The van der Waals surface area contributed by atoms with E-state index < -0.39 is 29.7 Å². The highest BCUT2D eigenvalue weighted by Crippen LogP contribution is 2.32. The summed E-state index contributed by atoms with van der Waals surface area (Å²) in [6.45, 7) is 0.769. The Hall–Kier alpha value is -1.08. The predicted molar refractivity (Wildman–Crippen MR) is 36.1 cm³/mol. The third kappa shape index (κ3) is 1.88. The molecule has 1 heterocycles. The number of hydrogen-bond donors (Lipinski definition) is 0. The molecule has 0 aromatic heterocycles. The van der Waals surface area contributed by atoms with Gasteiger partial charge >= 0.3 is 12.4 Å². The van der Waals surface area contributed by atoms with Gasteiger partial charge in [-0.05, 0) is 0 Å². The van der Waals surface area contributed by atoms with Crippen LogP contribution < -0.4 is 0 Å². The van der Waals surface area contributed by atoms with E-state index in [1.165, 1.54) is 0 Å². The fraction of sp³-hybridized carbons (Fsp3) is 0.667. The zero-order valence-electron chi connectivity index (χ0n) is 6.74. The molecule has 1 aliphatic heterocycles. The number of nitrogens with zero attached hydrogens (tertiary/aromatic N) is 2. The molecule has 0 spiro atoms. The maximum Gasteiger partial charge on any atom is 0.431 e. The molecule has 14 heavy (non-hydrogen) atoms. The first-order chi connectivity index (χ1) is 6.14. The topological polar surface area (TPSA) is 24.7 Å². The smallest absolute Gasteiger partial charge is 0.165 e. The standard InChI is InChI=1S/C6H4F6N2/c1-2-3(5(7,8)9)13-14-4(2)6(10,11)12/h2H,1H3. The minimum atomic E-state index is -4.87. The van der Waals surface area contributed by atoms with Crippen LogP contribution in [0.15, 0.2) is 10.2 Å². The lowest BCUT2D eigenvalue weighted by Gasteiger charge is -2.14. The van der Waals surface area contributed by atoms with E-state index in [9.17, 15) is 26.3 Å². The van der Waals surface area contributed by atoms with Gasteiger partial charge in [0.1, 0.15) is 0 Å². The van der Waals surface area contributed by atoms with E-state index in [0.717, 1.165) is 6.92 Å². The van der Waals surface area contributed by atoms with Gasteiger partial charge in [-0.15, -0.1) is 10.2 Å². The van der Waals surface area contributed by atoms with E-state index in [2.05, 4.69) is 10.2 Å². The molecule has 8 heteroatoms. The third-order valence-electron chi connectivity index (χ3n) is 1.67. The molecule has 1 rings (SSSR count). The maximum absolute atomic E-state index is 12.0. The second-order valence-electron chi connectivity index (χ2n) is 2.69. The fourth-order valence-electron chi connectivity index (χ4n) is 1.01. The molecule has 0 aromatic carbocycles. The first-order valence-corrected chi connectivity index (χ1v) is 3.44. The van der Waals surface area contributed by atoms with Gasteiger partial charge in [-0.1, -0.05) is 6.92 Å². The average molecular weight is 218 g/mol. The van der Waals surface area contributed by atoms with E-state index in [4.69, 9.17) is 0 Å². The van der Waals surface area contributed by atoms with Crippen LogP contribution in [-0.4, -0.2) is 23.8 Å². The van der Waals surface area contributed by atoms with Crippen molar-refractivity contribution >= 4 is 11.4 Å². The molecule has 1 aliphatic rings. The van der Waals surface area contributed by atoms with Crippen LogP contribution in [0.2, 0.25) is 0 Å². The summed E-state index contributed by atoms with van der Waals surface area (Å²) in [4.78, 5) is 0. The Labute approximate surface area is 74.3 Å². The molecule has 0 amide bonds. The molecule has 80 valence electrons. The van der Waals surface area contributed by atoms with Crippen LogP contribution in [0.1, 0.15) is 6.92 Å². The van der Waals surface area contributed by atoms with Crippen molar-refractivity contribution < 1.29 is 26.3 Å². The molecule has 0 aromatic rings. The molecule has 0 aliphatic carbocycles. The molecule has 0 radical (unpaired) electrons. The maximum atomic E-state index is 12.0. The van der Waals surface area contributed by atoms with Crippen LogP contribution in [-0.2, 0) is 0 Å². The first kappa shape index (κ1) is 11.0. The minimum absolute atomic E-state index is 0.769. The lowest BCUT2D eigenvalue weighted by molar-refractivity contribution is -0.0664. The summed E-state index contributed by atoms with van der Waals surface area (Å²) in [7, 11) is 0. The Morgan fingerprint density at radius 1 is 0.857 bits per heavy atom. The van der Waals surface area contributed by atoms with Crippen LogP contribution >= 0.6 is 0 Å². The minimum Gasteiger partial charge on any atom is -0.165 e. The first-order valence-electron chi connectivity index (χ1n) is 3.44. The Morgan fingerprint density at radius 3 is 1.29 bits per heavy atom. The zero-order chi connectivity index (χ0) is 11.1. The Balaban J connectivity index is 2.90. The quantitative estimate of drug-likeness (QED) is 0.558. The second kappa shape index (κ2) is 2.96. The predicted octanol–water partition coefficient (Wildman–Crippen LogP) is 2.56. The van der Waals surface area contributed by atoms with E-state index >= 15 is 0 Å². The SMILES string of the molecule is CC1C(C(F)(F)F)=NN=C1C(F)(F)F. The summed E-state index contributed by atoms with van der Waals surface area (Å²) in [6.07, 6.45) is -9.73. The van der Waals surface area contributed by atoms with Gasteiger partial charge in [0.05, 0.1) is 5.92 Å². The molecular formula is C6H4F6N2. The van der Waals surface area contributed by atoms with Crippen LogP contribution in [0.5, 0.6) is 0 Å². The van der Waals surface area contributed by atoms with Crippen molar-refractivity contribution in [2.45, 2.75) is 19.3 Å². The molecule has 0 unspecified atom stereocenters. The van der Waals surface area contributed by atoms with Crippen LogP contribution in [0.4, 0.5) is 26.3 Å². The lowest BCUT2D eigenvalue weighted by atomic mass is 10.00. The van der Waals surface area contributed by atoms with Crippen LogP contribution in [0.3, 0.4) is 0 Å². The normalized spacial score (nSPS) is 19.6. The summed E-state index contributed by atoms with van der Waals surface area (Å²) in [5.41, 5.74) is -3.02. The zero-order valence-corrected chi connectivity index (χ0v) is 6.74. The summed E-state index contributed by atoms with van der Waals surface area (Å²) >= 11 is 0. The molecule has 0 N–H and O–H groups in total. The Kier molecular flexibility index (Phi) is 2.32. The third-order valence-corrected chi connectivity index (χ3v) is 1.67. The molecule has 0 saturated heterocycles. The van der Waals surface area contributed by atoms with Gasteiger partial charge in [0, 0.05) is 0 Å². The van der Waals surface area contributed by atoms with Crippen molar-refractivity contribution in [3.8, 4) is 0 Å². The number of alkyl halides is 6. The van der Waals surface area contributed by atoms with Crippen molar-refractivity contribution in [3.63, 3.8) is 0 Å². The average Bonchev–Trinajstić information content (AvgIpc) is 2.26. The van der Waals surface area contributed by atoms with Crippen molar-refractivity contribution in [2.75, 3.05) is 0 Å². The van der Waals surface area contributed by atoms with Gasteiger partial charge in [0.25, 0.3) is 0 Å². The van der Waals surface area contributed by atoms with E-state index in [1.54, 1.807) is 0 Å². The van der Waals surface area contributed by atoms with Gasteiger partial charge in [-0.2, -0.15) is 26.3 Å². The molecular weight excluding hydrogens is 214 g/mol. The highest BCUT2D eigenvalue weighted by Gasteiger charge is 2.51. The molecule has 0 bridgehead atoms. The van der Waals surface area contributed by atoms with Gasteiger partial charge in [0.15, 0.2) is 11.4 Å². The van der Waals surface area contributed by atoms with E-state index in [-0.39, 0.29) is 0 Å². The largest absolute Gasteiger partial charge is 0.431 e. The number of halogens is 6. The number of rotatable bonds is 0. The second-order valence-corrected chi connectivity index (χ2v) is 2.69. The summed E-state index contributed by atoms with van der Waals surface area (Å²) in [5.74, 6) is -1.85. The Morgan fingerprint density at radius 2 is 1.14 bits per heavy atom. The Bertz CT molecular complexity index is 266. The fourth-order valence-corrected chi connectivity index (χ4v) is 1.01. The number of hydrogen-bond acceptors (Lipinski definition) is 2. The van der Waals surface area contributed by atoms with Gasteiger partial charge in [-0.3, -0.25) is 0 Å². The molecule has 0 saturated carbocycles. The summed E-state index contributed by atoms with van der Waals surface area (Å²) < 4.78 is 72.0. The van der Waals surface area contributed by atoms with Crippen molar-refractivity contribution in [2.24, 2.45) is 16.1 Å². The van der Waals surface area contributed by atoms with Gasteiger partial charge < -0.3 is 0 Å².